The fourth-order valence-electron chi connectivity index (χ4n) is 9.05. The minimum absolute atomic E-state index is 0.00584. The number of rotatable bonds is 34. The van der Waals surface area contributed by atoms with Crippen molar-refractivity contribution < 1.29 is 76.3 Å². The van der Waals surface area contributed by atoms with Gasteiger partial charge in [0.15, 0.2) is 17.3 Å². The maximum atomic E-state index is 15.4. The highest BCUT2D eigenvalue weighted by molar-refractivity contribution is 6.12. The summed E-state index contributed by atoms with van der Waals surface area (Å²) >= 11 is 0. The smallest absolute Gasteiger partial charge is 0.347 e. The maximum Gasteiger partial charge on any atom is 0.347 e. The van der Waals surface area contributed by atoms with Gasteiger partial charge in [0, 0.05) is 93.7 Å². The second kappa shape index (κ2) is 28.9. The lowest BCUT2D eigenvalue weighted by Gasteiger charge is -2.30. The van der Waals surface area contributed by atoms with E-state index >= 15 is 4.39 Å². The fraction of sp³-hybridized carbons (Fsp3) is 0.519. The largest absolute Gasteiger partial charge is 0.494 e. The number of halogens is 1. The van der Waals surface area contributed by atoms with E-state index in [2.05, 4.69) is 22.5 Å². The molecule has 0 saturated carbocycles. The summed E-state index contributed by atoms with van der Waals surface area (Å²) in [4.78, 5) is 124. The average Bonchev–Trinajstić information content (AvgIpc) is 4.18. The lowest BCUT2D eigenvalue weighted by molar-refractivity contribution is -0.166. The van der Waals surface area contributed by atoms with Crippen LogP contribution >= 0.6 is 0 Å². The first-order valence-corrected chi connectivity index (χ1v) is 25.9. The first-order valence-electron chi connectivity index (χ1n) is 25.9. The molecule has 3 aliphatic heterocycles. The molecule has 0 fully saturated rings. The minimum atomic E-state index is -2.34. The molecule has 0 unspecified atom stereocenters. The number of hydrogen-bond acceptors (Lipinski definition) is 17. The molecule has 6 rings (SSSR count). The molecule has 422 valence electrons. The van der Waals surface area contributed by atoms with E-state index in [1.54, 1.807) is 7.11 Å². The van der Waals surface area contributed by atoms with Gasteiger partial charge in [0.05, 0.1) is 95.0 Å². The summed E-state index contributed by atoms with van der Waals surface area (Å²) < 4.78 is 49.2. The van der Waals surface area contributed by atoms with Gasteiger partial charge in [0.2, 0.25) is 29.2 Å². The van der Waals surface area contributed by atoms with Crippen molar-refractivity contribution in [2.45, 2.75) is 96.1 Å². The van der Waals surface area contributed by atoms with Crippen molar-refractivity contribution in [1.29, 1.82) is 0 Å². The van der Waals surface area contributed by atoms with Gasteiger partial charge in [-0.15, -0.1) is 0 Å². The van der Waals surface area contributed by atoms with Gasteiger partial charge in [-0.2, -0.15) is 0 Å². The number of amides is 6. The summed E-state index contributed by atoms with van der Waals surface area (Å²) in [6.07, 6.45) is 4.45. The number of cyclic esters (lactones) is 1. The second-order valence-electron chi connectivity index (χ2n) is 18.7. The average molecular weight is 1090 g/mol. The van der Waals surface area contributed by atoms with Crippen LogP contribution in [0.4, 0.5) is 4.39 Å². The van der Waals surface area contributed by atoms with Crippen LogP contribution in [0.25, 0.3) is 22.3 Å². The number of aromatic nitrogens is 2. The number of ketones is 1. The summed E-state index contributed by atoms with van der Waals surface area (Å²) in [5.41, 5.74) is -1.36. The Morgan fingerprint density at radius 1 is 0.872 bits per heavy atom. The van der Waals surface area contributed by atoms with Crippen molar-refractivity contribution in [2.24, 2.45) is 0 Å². The van der Waals surface area contributed by atoms with E-state index in [0.717, 1.165) is 29.2 Å². The Morgan fingerprint density at radius 3 is 2.22 bits per heavy atom. The number of Topliss-reactive ketones (excluding diaryl/α,β-unsaturated/α-hetero) is 1. The number of pyridine rings is 2. The van der Waals surface area contributed by atoms with Crippen LogP contribution in [0, 0.1) is 5.82 Å². The van der Waals surface area contributed by atoms with Gasteiger partial charge >= 0.3 is 5.97 Å². The predicted octanol–water partition coefficient (Wildman–Crippen LogP) is 1.77. The number of methoxy groups -OCH3 is 2. The highest BCUT2D eigenvalue weighted by atomic mass is 19.1. The Labute approximate surface area is 449 Å². The van der Waals surface area contributed by atoms with Crippen LogP contribution in [0.3, 0.4) is 0 Å². The van der Waals surface area contributed by atoms with Crippen LogP contribution in [0.15, 0.2) is 47.8 Å². The van der Waals surface area contributed by atoms with E-state index in [4.69, 9.17) is 33.4 Å². The molecule has 78 heavy (non-hydrogen) atoms. The van der Waals surface area contributed by atoms with Crippen molar-refractivity contribution >= 4 is 58.1 Å². The summed E-state index contributed by atoms with van der Waals surface area (Å²) in [6, 6.07) is 3.06. The summed E-state index contributed by atoms with van der Waals surface area (Å²) in [7, 11) is 2.87. The molecule has 0 aliphatic carbocycles. The van der Waals surface area contributed by atoms with E-state index in [-0.39, 0.29) is 143 Å². The Bertz CT molecular complexity index is 2820. The number of benzene rings is 1. The molecular weight excluding hydrogens is 1020 g/mol. The van der Waals surface area contributed by atoms with E-state index in [0.29, 0.717) is 55.9 Å². The van der Waals surface area contributed by atoms with Crippen LogP contribution in [-0.4, -0.2) is 164 Å². The third-order valence-corrected chi connectivity index (χ3v) is 13.3. The Balaban J connectivity index is 1.13. The highest BCUT2D eigenvalue weighted by Crippen LogP contribution is 2.41. The van der Waals surface area contributed by atoms with Crippen LogP contribution in [0.1, 0.15) is 87.0 Å². The molecule has 0 saturated heterocycles. The van der Waals surface area contributed by atoms with E-state index in [1.807, 2.05) is 6.92 Å². The number of ether oxygens (including phenoxy) is 6. The van der Waals surface area contributed by atoms with Crippen LogP contribution in [0.2, 0.25) is 0 Å². The lowest BCUT2D eigenvalue weighted by Crippen LogP contribution is -2.43. The van der Waals surface area contributed by atoms with Crippen LogP contribution in [-0.2, 0) is 87.3 Å². The van der Waals surface area contributed by atoms with Crippen molar-refractivity contribution in [2.75, 3.05) is 86.6 Å². The molecule has 6 amide bonds. The number of aliphatic hydroxyl groups is 1. The number of nitrogens with one attached hydrogen (secondary N) is 3. The monoisotopic (exact) mass is 1090 g/mol. The van der Waals surface area contributed by atoms with Crippen LogP contribution in [0.5, 0.6) is 5.75 Å². The van der Waals surface area contributed by atoms with Gasteiger partial charge in [-0.25, -0.2) is 14.2 Å². The molecular formula is C54H68FN7O16. The molecule has 2 aromatic heterocycles. The Morgan fingerprint density at radius 2 is 1.54 bits per heavy atom. The van der Waals surface area contributed by atoms with Crippen molar-refractivity contribution in [3.05, 3.63) is 81.4 Å². The molecule has 2 atom stereocenters. The second-order valence-corrected chi connectivity index (χ2v) is 18.7. The van der Waals surface area contributed by atoms with Crippen molar-refractivity contribution in [1.82, 2.24) is 35.3 Å². The number of fused-ring (bicyclic) bond motifs is 5. The van der Waals surface area contributed by atoms with E-state index in [1.165, 1.54) is 28.7 Å². The van der Waals surface area contributed by atoms with Gasteiger partial charge in [0.1, 0.15) is 6.61 Å². The number of nitrogens with zero attached hydrogens (tertiary/aromatic N) is 4. The normalized spacial score (nSPS) is 15.6. The topological polar surface area (TPSA) is 290 Å². The first kappa shape index (κ1) is 60.0. The summed E-state index contributed by atoms with van der Waals surface area (Å²) in [5.74, 6) is -4.96. The van der Waals surface area contributed by atoms with E-state index in [9.17, 15) is 48.3 Å². The summed E-state index contributed by atoms with van der Waals surface area (Å²) in [6.45, 7) is 6.82. The van der Waals surface area contributed by atoms with Crippen molar-refractivity contribution in [3.8, 4) is 17.1 Å². The zero-order valence-electron chi connectivity index (χ0n) is 44.2. The molecule has 5 heterocycles. The fourth-order valence-corrected chi connectivity index (χ4v) is 9.05. The first-order chi connectivity index (χ1) is 37.5. The molecule has 3 aliphatic rings. The standard InChI is InChI=1S/C54H68FN7O16/c1-5-17-56-46(65)14-13-40(58-47(66)12-9-18-61-48(67)15-16-49(61)68)43(63)10-7-8-11-45(64)57-30-50(69)60(19-20-75-23-24-77-26-25-76-22-21-73-3)31-35-34-27-44(74-4)39(55)29-41(34)59-51-36(35)32-62-42(51)28-38-37(52(62)70)33-78-53(71)54(38,72)6-2/h6,15-16,27-29,40,72H,2,5,7-14,17-26,30-33H2,1,3-4H3,(H,56,65)(H,57,64)(H,58,66)/t40-,54-/m0/s1. The number of carbonyl (C=O) groups is 8. The number of carbonyl (C=O) groups excluding carboxylic acids is 8. The summed E-state index contributed by atoms with van der Waals surface area (Å²) in [5, 5.41) is 19.9. The van der Waals surface area contributed by atoms with Gasteiger partial charge in [-0.05, 0) is 55.9 Å². The number of esters is 1. The molecule has 4 N–H and O–H groups in total. The SMILES string of the molecule is C=C[C@@]1(O)C(=O)OCc2c1cc1n(c2=O)Cc2c-1nc1cc(F)c(OC)cc1c2CN(CCOCCOCCOCCOC)C(=O)CNC(=O)CCCCC(=O)[C@H](CCC(=O)NCCC)NC(=O)CCCN1C(=O)C=CC1=O. The van der Waals surface area contributed by atoms with Crippen LogP contribution < -0.4 is 26.2 Å². The quantitative estimate of drug-likeness (QED) is 0.0224. The van der Waals surface area contributed by atoms with Gasteiger partial charge < -0.3 is 58.9 Å². The third kappa shape index (κ3) is 15.3. The predicted molar refractivity (Wildman–Crippen MR) is 277 cm³/mol. The lowest BCUT2D eigenvalue weighted by atomic mass is 9.88. The molecule has 0 spiro atoms. The third-order valence-electron chi connectivity index (χ3n) is 13.3. The highest BCUT2D eigenvalue weighted by Gasteiger charge is 2.45. The maximum absolute atomic E-state index is 15.4. The van der Waals surface area contributed by atoms with Crippen molar-refractivity contribution in [3.63, 3.8) is 0 Å². The van der Waals surface area contributed by atoms with Gasteiger partial charge in [-0.1, -0.05) is 13.5 Å². The Hall–Kier alpha value is -7.25. The van der Waals surface area contributed by atoms with E-state index < -0.39 is 71.7 Å². The molecule has 1 aromatic carbocycles. The van der Waals surface area contributed by atoms with Gasteiger partial charge in [-0.3, -0.25) is 43.3 Å². The molecule has 23 nitrogen and oxygen atoms in total. The number of unbranched alkanes of at least 4 members (excludes halogenated alkanes) is 1. The minimum Gasteiger partial charge on any atom is -0.494 e. The zero-order valence-corrected chi connectivity index (χ0v) is 44.2. The number of hydrogen-bond donors (Lipinski definition) is 4. The molecule has 3 aromatic rings. The molecule has 0 bridgehead atoms. The molecule has 0 radical (unpaired) electrons. The molecule has 24 heteroatoms. The van der Waals surface area contributed by atoms with Gasteiger partial charge in [0.25, 0.3) is 17.4 Å². The number of imide groups is 1. The Kier molecular flexibility index (Phi) is 22.2. The zero-order chi connectivity index (χ0) is 56.4.